The number of nitrogens with zero attached hydrogens (tertiary/aromatic N) is 1. The van der Waals surface area contributed by atoms with Gasteiger partial charge in [0.05, 0.1) is 29.3 Å². The molecular weight excluding hydrogens is 385 g/mol. The summed E-state index contributed by atoms with van der Waals surface area (Å²) in [4.78, 5) is 14.8. The van der Waals surface area contributed by atoms with Crippen molar-refractivity contribution in [2.24, 2.45) is 0 Å². The normalized spacial score (nSPS) is 17.1. The summed E-state index contributed by atoms with van der Waals surface area (Å²) in [6.07, 6.45) is 0. The quantitative estimate of drug-likeness (QED) is 0.762. The summed E-state index contributed by atoms with van der Waals surface area (Å²) in [6.45, 7) is 5.08. The number of halogens is 2. The van der Waals surface area contributed by atoms with E-state index in [0.717, 1.165) is 13.1 Å². The minimum Gasteiger partial charge on any atom is -0.379 e. The molecule has 1 heterocycles. The van der Waals surface area contributed by atoms with Crippen molar-refractivity contribution in [3.63, 3.8) is 0 Å². The molecule has 0 saturated carbocycles. The molecule has 2 amide bonds. The Balaban J connectivity index is 1.70. The highest BCUT2D eigenvalue weighted by atomic mass is 35.5. The number of urea groups is 1. The number of anilines is 1. The first-order valence-corrected chi connectivity index (χ1v) is 9.69. The first-order valence-electron chi connectivity index (χ1n) is 8.94. The molecule has 1 aliphatic rings. The van der Waals surface area contributed by atoms with E-state index in [4.69, 9.17) is 27.9 Å². The van der Waals surface area contributed by atoms with Gasteiger partial charge in [0.15, 0.2) is 0 Å². The fourth-order valence-corrected chi connectivity index (χ4v) is 3.65. The summed E-state index contributed by atoms with van der Waals surface area (Å²) in [5.74, 6) is 0. The molecule has 1 aliphatic heterocycles. The predicted octanol–water partition coefficient (Wildman–Crippen LogP) is 4.58. The molecule has 0 radical (unpaired) electrons. The van der Waals surface area contributed by atoms with Crippen LogP contribution in [0.5, 0.6) is 0 Å². The van der Waals surface area contributed by atoms with Crippen LogP contribution in [0.1, 0.15) is 18.5 Å². The largest absolute Gasteiger partial charge is 0.379 e. The Morgan fingerprint density at radius 3 is 2.44 bits per heavy atom. The fourth-order valence-electron chi connectivity index (χ4n) is 3.35. The molecule has 2 N–H and O–H groups in total. The number of morpholine rings is 1. The molecule has 0 unspecified atom stereocenters. The van der Waals surface area contributed by atoms with Crippen LogP contribution < -0.4 is 10.6 Å². The van der Waals surface area contributed by atoms with Crippen LogP contribution in [0.25, 0.3) is 0 Å². The highest BCUT2D eigenvalue weighted by Crippen LogP contribution is 2.27. The zero-order valence-electron chi connectivity index (χ0n) is 15.1. The maximum absolute atomic E-state index is 12.5. The lowest BCUT2D eigenvalue weighted by molar-refractivity contribution is 0.00974. The minimum absolute atomic E-state index is 0.0645. The van der Waals surface area contributed by atoms with Crippen molar-refractivity contribution >= 4 is 34.9 Å². The van der Waals surface area contributed by atoms with Gasteiger partial charge >= 0.3 is 6.03 Å². The Kier molecular flexibility index (Phi) is 6.96. The molecule has 0 bridgehead atoms. The summed E-state index contributed by atoms with van der Waals surface area (Å²) in [6, 6.07) is 14.9. The summed E-state index contributed by atoms with van der Waals surface area (Å²) in [5.41, 5.74) is 1.76. The zero-order chi connectivity index (χ0) is 19.2. The van der Waals surface area contributed by atoms with Gasteiger partial charge in [0.1, 0.15) is 0 Å². The van der Waals surface area contributed by atoms with Gasteiger partial charge in [-0.25, -0.2) is 4.79 Å². The topological polar surface area (TPSA) is 53.6 Å². The van der Waals surface area contributed by atoms with E-state index in [1.54, 1.807) is 18.2 Å². The maximum atomic E-state index is 12.5. The van der Waals surface area contributed by atoms with Crippen LogP contribution in [-0.4, -0.2) is 43.3 Å². The van der Waals surface area contributed by atoms with Crippen molar-refractivity contribution in [1.29, 1.82) is 0 Å². The molecule has 0 aromatic heterocycles. The van der Waals surface area contributed by atoms with Crippen LogP contribution in [0.4, 0.5) is 10.5 Å². The highest BCUT2D eigenvalue weighted by molar-refractivity contribution is 6.42. The molecular formula is C20H23Cl2N3O2. The molecule has 144 valence electrons. The Morgan fingerprint density at radius 1 is 1.07 bits per heavy atom. The summed E-state index contributed by atoms with van der Waals surface area (Å²) >= 11 is 11.9. The van der Waals surface area contributed by atoms with E-state index in [0.29, 0.717) is 28.9 Å². The van der Waals surface area contributed by atoms with E-state index < -0.39 is 0 Å². The zero-order valence-corrected chi connectivity index (χ0v) is 16.6. The second-order valence-corrected chi connectivity index (χ2v) is 7.33. The van der Waals surface area contributed by atoms with Gasteiger partial charge in [-0.15, -0.1) is 0 Å². The fraction of sp³-hybridized carbons (Fsp3) is 0.350. The molecule has 1 fully saturated rings. The molecule has 5 nitrogen and oxygen atoms in total. The van der Waals surface area contributed by atoms with Crippen molar-refractivity contribution < 1.29 is 9.53 Å². The highest BCUT2D eigenvalue weighted by Gasteiger charge is 2.28. The molecule has 1 saturated heterocycles. The molecule has 2 atom stereocenters. The number of rotatable bonds is 5. The van der Waals surface area contributed by atoms with Gasteiger partial charge in [0.2, 0.25) is 0 Å². The number of benzene rings is 2. The Bertz CT molecular complexity index is 767. The third-order valence-corrected chi connectivity index (χ3v) is 5.33. The van der Waals surface area contributed by atoms with Crippen LogP contribution in [0.15, 0.2) is 48.5 Å². The number of hydrogen-bond donors (Lipinski definition) is 2. The van der Waals surface area contributed by atoms with Gasteiger partial charge < -0.3 is 15.4 Å². The molecule has 2 aromatic rings. The van der Waals surface area contributed by atoms with Crippen LogP contribution in [0.3, 0.4) is 0 Å². The number of ether oxygens (including phenoxy) is 1. The Hall–Kier alpha value is -1.79. The van der Waals surface area contributed by atoms with Gasteiger partial charge in [-0.2, -0.15) is 0 Å². The number of hydrogen-bond acceptors (Lipinski definition) is 3. The Labute approximate surface area is 169 Å². The Morgan fingerprint density at radius 2 is 1.78 bits per heavy atom. The number of nitrogens with one attached hydrogen (secondary N) is 2. The van der Waals surface area contributed by atoms with Crippen molar-refractivity contribution in [3.8, 4) is 0 Å². The van der Waals surface area contributed by atoms with E-state index in [2.05, 4.69) is 27.7 Å². The van der Waals surface area contributed by atoms with E-state index in [-0.39, 0.29) is 18.1 Å². The monoisotopic (exact) mass is 407 g/mol. The minimum atomic E-state index is -0.282. The third kappa shape index (κ3) is 5.36. The van der Waals surface area contributed by atoms with Crippen molar-refractivity contribution in [3.05, 3.63) is 64.1 Å². The van der Waals surface area contributed by atoms with Gasteiger partial charge in [-0.3, -0.25) is 4.90 Å². The summed E-state index contributed by atoms with van der Waals surface area (Å²) in [5, 5.41) is 6.72. The van der Waals surface area contributed by atoms with Crippen LogP contribution in [-0.2, 0) is 4.74 Å². The van der Waals surface area contributed by atoms with E-state index >= 15 is 0 Å². The first kappa shape index (κ1) is 20.0. The molecule has 2 aromatic carbocycles. The van der Waals surface area contributed by atoms with Crippen LogP contribution in [0, 0.1) is 0 Å². The molecule has 3 rings (SSSR count). The van der Waals surface area contributed by atoms with Gasteiger partial charge in [0.25, 0.3) is 0 Å². The van der Waals surface area contributed by atoms with Crippen molar-refractivity contribution in [2.75, 3.05) is 31.6 Å². The van der Waals surface area contributed by atoms with Gasteiger partial charge in [-0.1, -0.05) is 53.5 Å². The third-order valence-electron chi connectivity index (χ3n) is 4.59. The lowest BCUT2D eigenvalue weighted by Crippen LogP contribution is -2.49. The smallest absolute Gasteiger partial charge is 0.319 e. The summed E-state index contributed by atoms with van der Waals surface area (Å²) in [7, 11) is 0. The molecule has 7 heteroatoms. The van der Waals surface area contributed by atoms with Gasteiger partial charge in [-0.05, 0) is 30.7 Å². The first-order chi connectivity index (χ1) is 13.0. The van der Waals surface area contributed by atoms with Crippen LogP contribution in [0.2, 0.25) is 10.0 Å². The standard InChI is InChI=1S/C20H23Cl2N3O2/c1-14(23-20(26)24-16-7-8-17(21)18(22)13-16)19(15-5-3-2-4-6-15)25-9-11-27-12-10-25/h2-8,13-14,19H,9-12H2,1H3,(H2,23,24,26)/t14-,19+/m1/s1. The predicted molar refractivity (Wildman–Crippen MR) is 110 cm³/mol. The second kappa shape index (κ2) is 9.42. The van der Waals surface area contributed by atoms with Gasteiger partial charge in [0, 0.05) is 24.8 Å². The average Bonchev–Trinajstić information content (AvgIpc) is 2.66. The van der Waals surface area contributed by atoms with E-state index in [9.17, 15) is 4.79 Å². The lowest BCUT2D eigenvalue weighted by Gasteiger charge is -2.38. The number of carbonyl (C=O) groups excluding carboxylic acids is 1. The van der Waals surface area contributed by atoms with E-state index in [1.807, 2.05) is 25.1 Å². The SMILES string of the molecule is C[C@@H](NC(=O)Nc1ccc(Cl)c(Cl)c1)[C@@H](c1ccccc1)N1CCOCC1. The molecule has 0 aliphatic carbocycles. The second-order valence-electron chi connectivity index (χ2n) is 6.52. The van der Waals surface area contributed by atoms with Crippen molar-refractivity contribution in [1.82, 2.24) is 10.2 Å². The van der Waals surface area contributed by atoms with Crippen molar-refractivity contribution in [2.45, 2.75) is 19.0 Å². The maximum Gasteiger partial charge on any atom is 0.319 e. The van der Waals surface area contributed by atoms with E-state index in [1.165, 1.54) is 5.56 Å². The molecule has 0 spiro atoms. The number of carbonyl (C=O) groups is 1. The number of amides is 2. The molecule has 27 heavy (non-hydrogen) atoms. The van der Waals surface area contributed by atoms with Crippen LogP contribution >= 0.6 is 23.2 Å². The summed E-state index contributed by atoms with van der Waals surface area (Å²) < 4.78 is 5.48. The average molecular weight is 408 g/mol. The lowest BCUT2D eigenvalue weighted by atomic mass is 9.98.